The lowest BCUT2D eigenvalue weighted by atomic mass is 9.97. The standard InChI is InChI=1S/C13H15NO2/c14-8-7-12(16)13-10-4-2-1-3-9(10)5-6-11(13)15/h1-6,12,15-16H,7-8,14H2/t12-/m0/s1. The number of fused-ring (bicyclic) bond motifs is 1. The Kier molecular flexibility index (Phi) is 3.08. The van der Waals surface area contributed by atoms with Crippen LogP contribution in [0.2, 0.25) is 0 Å². The minimum atomic E-state index is -0.712. The van der Waals surface area contributed by atoms with E-state index in [1.165, 1.54) is 0 Å². The first-order valence-corrected chi connectivity index (χ1v) is 5.33. The first-order valence-electron chi connectivity index (χ1n) is 5.33. The number of aliphatic hydroxyl groups excluding tert-OH is 1. The normalized spacial score (nSPS) is 12.9. The van der Waals surface area contributed by atoms with Crippen LogP contribution in [0.5, 0.6) is 5.75 Å². The monoisotopic (exact) mass is 217 g/mol. The molecule has 0 fully saturated rings. The summed E-state index contributed by atoms with van der Waals surface area (Å²) in [4.78, 5) is 0. The third-order valence-corrected chi connectivity index (χ3v) is 2.72. The van der Waals surface area contributed by atoms with Crippen LogP contribution in [0.15, 0.2) is 36.4 Å². The van der Waals surface area contributed by atoms with Gasteiger partial charge in [-0.05, 0) is 29.8 Å². The Bertz CT molecular complexity index is 496. The minimum absolute atomic E-state index is 0.125. The molecular formula is C13H15NO2. The average molecular weight is 217 g/mol. The van der Waals surface area contributed by atoms with Gasteiger partial charge in [0, 0.05) is 5.56 Å². The number of hydrogen-bond donors (Lipinski definition) is 3. The number of nitrogens with two attached hydrogens (primary N) is 1. The van der Waals surface area contributed by atoms with Crippen LogP contribution in [-0.4, -0.2) is 16.8 Å². The Balaban J connectivity index is 2.61. The van der Waals surface area contributed by atoms with Gasteiger partial charge in [0.05, 0.1) is 6.10 Å². The van der Waals surface area contributed by atoms with E-state index in [-0.39, 0.29) is 5.75 Å². The third kappa shape index (κ3) is 1.87. The molecule has 0 aromatic heterocycles. The van der Waals surface area contributed by atoms with Crippen LogP contribution in [0, 0.1) is 0 Å². The van der Waals surface area contributed by atoms with Gasteiger partial charge in [-0.2, -0.15) is 0 Å². The summed E-state index contributed by atoms with van der Waals surface area (Å²) in [5.74, 6) is 0.125. The molecule has 3 heteroatoms. The summed E-state index contributed by atoms with van der Waals surface area (Å²) in [6, 6.07) is 11.1. The van der Waals surface area contributed by atoms with Gasteiger partial charge in [-0.3, -0.25) is 0 Å². The Morgan fingerprint density at radius 1 is 1.12 bits per heavy atom. The van der Waals surface area contributed by atoms with E-state index in [9.17, 15) is 10.2 Å². The zero-order valence-electron chi connectivity index (χ0n) is 8.93. The van der Waals surface area contributed by atoms with Crippen molar-refractivity contribution >= 4 is 10.8 Å². The minimum Gasteiger partial charge on any atom is -0.508 e. The molecule has 0 radical (unpaired) electrons. The zero-order valence-corrected chi connectivity index (χ0v) is 8.93. The van der Waals surface area contributed by atoms with Gasteiger partial charge >= 0.3 is 0 Å². The molecule has 3 nitrogen and oxygen atoms in total. The molecule has 0 aliphatic heterocycles. The molecule has 2 rings (SSSR count). The summed E-state index contributed by atoms with van der Waals surface area (Å²) in [5.41, 5.74) is 5.99. The fourth-order valence-corrected chi connectivity index (χ4v) is 1.94. The maximum atomic E-state index is 9.96. The number of aromatic hydroxyl groups is 1. The van der Waals surface area contributed by atoms with Crippen LogP contribution in [0.4, 0.5) is 0 Å². The molecule has 0 unspecified atom stereocenters. The fraction of sp³-hybridized carbons (Fsp3) is 0.231. The van der Waals surface area contributed by atoms with Crippen LogP contribution in [-0.2, 0) is 0 Å². The first-order chi connectivity index (χ1) is 7.74. The van der Waals surface area contributed by atoms with Crippen LogP contribution < -0.4 is 5.73 Å². The molecule has 0 saturated carbocycles. The maximum Gasteiger partial charge on any atom is 0.122 e. The Morgan fingerprint density at radius 3 is 2.62 bits per heavy atom. The molecule has 0 aliphatic carbocycles. The summed E-state index contributed by atoms with van der Waals surface area (Å²) < 4.78 is 0. The van der Waals surface area contributed by atoms with Crippen molar-refractivity contribution in [3.63, 3.8) is 0 Å². The van der Waals surface area contributed by atoms with Gasteiger partial charge < -0.3 is 15.9 Å². The zero-order chi connectivity index (χ0) is 11.5. The van der Waals surface area contributed by atoms with Crippen LogP contribution >= 0.6 is 0 Å². The van der Waals surface area contributed by atoms with Crippen molar-refractivity contribution in [2.75, 3.05) is 6.54 Å². The molecule has 0 saturated heterocycles. The largest absolute Gasteiger partial charge is 0.508 e. The maximum absolute atomic E-state index is 9.96. The Morgan fingerprint density at radius 2 is 1.88 bits per heavy atom. The second-order valence-electron chi connectivity index (χ2n) is 3.81. The summed E-state index contributed by atoms with van der Waals surface area (Å²) >= 11 is 0. The molecule has 84 valence electrons. The van der Waals surface area contributed by atoms with E-state index in [1.807, 2.05) is 30.3 Å². The highest BCUT2D eigenvalue weighted by Crippen LogP contribution is 2.33. The number of phenolic OH excluding ortho intramolecular Hbond substituents is 1. The molecule has 0 amide bonds. The molecule has 0 aliphatic rings. The predicted octanol–water partition coefficient (Wildman–Crippen LogP) is 1.93. The summed E-state index contributed by atoms with van der Waals surface area (Å²) in [5, 5.41) is 21.6. The van der Waals surface area contributed by atoms with Crippen LogP contribution in [0.1, 0.15) is 18.1 Å². The summed E-state index contributed by atoms with van der Waals surface area (Å²) in [7, 11) is 0. The number of aliphatic hydroxyl groups is 1. The number of phenols is 1. The lowest BCUT2D eigenvalue weighted by molar-refractivity contribution is 0.168. The lowest BCUT2D eigenvalue weighted by Gasteiger charge is -2.14. The number of benzene rings is 2. The van der Waals surface area contributed by atoms with Crippen molar-refractivity contribution in [2.24, 2.45) is 5.73 Å². The molecule has 2 aromatic carbocycles. The molecule has 0 spiro atoms. The van der Waals surface area contributed by atoms with Gasteiger partial charge in [0.25, 0.3) is 0 Å². The summed E-state index contributed by atoms with van der Waals surface area (Å²) in [6.07, 6.45) is -0.266. The van der Waals surface area contributed by atoms with Crippen LogP contribution in [0.25, 0.3) is 10.8 Å². The van der Waals surface area contributed by atoms with E-state index in [2.05, 4.69) is 0 Å². The van der Waals surface area contributed by atoms with E-state index in [4.69, 9.17) is 5.73 Å². The molecular weight excluding hydrogens is 202 g/mol. The Hall–Kier alpha value is -1.58. The first kappa shape index (κ1) is 10.9. The number of rotatable bonds is 3. The fourth-order valence-electron chi connectivity index (χ4n) is 1.94. The van der Waals surface area contributed by atoms with Crippen molar-refractivity contribution in [2.45, 2.75) is 12.5 Å². The smallest absolute Gasteiger partial charge is 0.122 e. The molecule has 2 aromatic rings. The van der Waals surface area contributed by atoms with Gasteiger partial charge in [0.2, 0.25) is 0 Å². The van der Waals surface area contributed by atoms with E-state index >= 15 is 0 Å². The molecule has 0 bridgehead atoms. The van der Waals surface area contributed by atoms with Gasteiger partial charge in [-0.25, -0.2) is 0 Å². The third-order valence-electron chi connectivity index (χ3n) is 2.72. The highest BCUT2D eigenvalue weighted by Gasteiger charge is 2.14. The van der Waals surface area contributed by atoms with E-state index in [0.29, 0.717) is 18.5 Å². The van der Waals surface area contributed by atoms with Crippen molar-refractivity contribution in [1.29, 1.82) is 0 Å². The second-order valence-corrected chi connectivity index (χ2v) is 3.81. The van der Waals surface area contributed by atoms with E-state index < -0.39 is 6.10 Å². The quantitative estimate of drug-likeness (QED) is 0.736. The van der Waals surface area contributed by atoms with Gasteiger partial charge in [0.15, 0.2) is 0 Å². The SMILES string of the molecule is NCC[C@H](O)c1c(O)ccc2ccccc12. The van der Waals surface area contributed by atoms with E-state index in [1.54, 1.807) is 6.07 Å². The molecule has 0 heterocycles. The number of hydrogen-bond acceptors (Lipinski definition) is 3. The second kappa shape index (κ2) is 4.51. The topological polar surface area (TPSA) is 66.5 Å². The van der Waals surface area contributed by atoms with Gasteiger partial charge in [-0.1, -0.05) is 30.3 Å². The van der Waals surface area contributed by atoms with Crippen molar-refractivity contribution in [3.8, 4) is 5.75 Å². The molecule has 4 N–H and O–H groups in total. The van der Waals surface area contributed by atoms with Gasteiger partial charge in [-0.15, -0.1) is 0 Å². The van der Waals surface area contributed by atoms with Crippen molar-refractivity contribution < 1.29 is 10.2 Å². The van der Waals surface area contributed by atoms with Crippen molar-refractivity contribution in [1.82, 2.24) is 0 Å². The predicted molar refractivity (Wildman–Crippen MR) is 64.2 cm³/mol. The van der Waals surface area contributed by atoms with Gasteiger partial charge in [0.1, 0.15) is 5.75 Å². The van der Waals surface area contributed by atoms with E-state index in [0.717, 1.165) is 10.8 Å². The van der Waals surface area contributed by atoms with Crippen LogP contribution in [0.3, 0.4) is 0 Å². The Labute approximate surface area is 94.1 Å². The lowest BCUT2D eigenvalue weighted by Crippen LogP contribution is -2.07. The molecule has 1 atom stereocenters. The average Bonchev–Trinajstić information content (AvgIpc) is 2.29. The highest BCUT2D eigenvalue weighted by atomic mass is 16.3. The summed E-state index contributed by atoms with van der Waals surface area (Å²) in [6.45, 7) is 0.393. The molecule has 16 heavy (non-hydrogen) atoms. The van der Waals surface area contributed by atoms with Crippen molar-refractivity contribution in [3.05, 3.63) is 42.0 Å². The highest BCUT2D eigenvalue weighted by molar-refractivity contribution is 5.88.